The maximum atomic E-state index is 5.85. The molecule has 0 atom stereocenters. The molecule has 4 nitrogen and oxygen atoms in total. The Morgan fingerprint density at radius 1 is 1.19 bits per heavy atom. The molecule has 5 heteroatoms. The minimum Gasteiger partial charge on any atom is -0.335 e. The van der Waals surface area contributed by atoms with Gasteiger partial charge in [0.2, 0.25) is 0 Å². The number of H-pyrrole nitrogens is 1. The standard InChI is InChI=1S/C11H7ClN4/c12-7-5-9-10(14-6-7)16-11(15-9)8-3-1-2-4-13-8/h1-6H,(H,14,15,16). The van der Waals surface area contributed by atoms with Gasteiger partial charge in [0.1, 0.15) is 5.69 Å². The lowest BCUT2D eigenvalue weighted by Gasteiger charge is -1.91. The summed E-state index contributed by atoms with van der Waals surface area (Å²) >= 11 is 5.85. The van der Waals surface area contributed by atoms with E-state index < -0.39 is 0 Å². The molecule has 1 N–H and O–H groups in total. The van der Waals surface area contributed by atoms with Crippen molar-refractivity contribution in [2.75, 3.05) is 0 Å². The van der Waals surface area contributed by atoms with Gasteiger partial charge in [-0.3, -0.25) is 4.98 Å². The molecule has 0 amide bonds. The summed E-state index contributed by atoms with van der Waals surface area (Å²) in [4.78, 5) is 15.8. The van der Waals surface area contributed by atoms with Crippen LogP contribution < -0.4 is 0 Å². The van der Waals surface area contributed by atoms with Gasteiger partial charge in [-0.05, 0) is 18.2 Å². The van der Waals surface area contributed by atoms with E-state index in [0.717, 1.165) is 11.2 Å². The van der Waals surface area contributed by atoms with Gasteiger partial charge in [0, 0.05) is 12.4 Å². The molecule has 0 aliphatic carbocycles. The fourth-order valence-electron chi connectivity index (χ4n) is 1.50. The van der Waals surface area contributed by atoms with Gasteiger partial charge in [0.15, 0.2) is 11.5 Å². The summed E-state index contributed by atoms with van der Waals surface area (Å²) in [7, 11) is 0. The van der Waals surface area contributed by atoms with Crippen molar-refractivity contribution in [3.63, 3.8) is 0 Å². The van der Waals surface area contributed by atoms with E-state index >= 15 is 0 Å². The van der Waals surface area contributed by atoms with Gasteiger partial charge in [0.05, 0.1) is 10.5 Å². The topological polar surface area (TPSA) is 54.5 Å². The number of nitrogens with zero attached hydrogens (tertiary/aromatic N) is 3. The zero-order chi connectivity index (χ0) is 11.0. The first kappa shape index (κ1) is 9.30. The Morgan fingerprint density at radius 3 is 2.94 bits per heavy atom. The summed E-state index contributed by atoms with van der Waals surface area (Å²) < 4.78 is 0. The van der Waals surface area contributed by atoms with Crippen LogP contribution in [0.25, 0.3) is 22.7 Å². The predicted octanol–water partition coefficient (Wildman–Crippen LogP) is 2.67. The molecule has 3 aromatic heterocycles. The third kappa shape index (κ3) is 1.53. The first-order valence-electron chi connectivity index (χ1n) is 4.75. The van der Waals surface area contributed by atoms with Crippen molar-refractivity contribution in [2.45, 2.75) is 0 Å². The van der Waals surface area contributed by atoms with Crippen molar-refractivity contribution in [1.82, 2.24) is 19.9 Å². The summed E-state index contributed by atoms with van der Waals surface area (Å²) in [6, 6.07) is 7.46. The number of halogens is 1. The quantitative estimate of drug-likeness (QED) is 0.699. The molecule has 78 valence electrons. The summed E-state index contributed by atoms with van der Waals surface area (Å²) in [5.74, 6) is 0.699. The molecule has 0 saturated heterocycles. The molecule has 16 heavy (non-hydrogen) atoms. The lowest BCUT2D eigenvalue weighted by Crippen LogP contribution is -1.83. The van der Waals surface area contributed by atoms with E-state index in [2.05, 4.69) is 19.9 Å². The first-order chi connectivity index (χ1) is 7.83. The molecule has 0 aliphatic rings. The monoisotopic (exact) mass is 230 g/mol. The molecular weight excluding hydrogens is 224 g/mol. The maximum Gasteiger partial charge on any atom is 0.178 e. The third-order valence-corrected chi connectivity index (χ3v) is 2.42. The molecule has 0 unspecified atom stereocenters. The Hall–Kier alpha value is -1.94. The lowest BCUT2D eigenvalue weighted by atomic mass is 10.3. The van der Waals surface area contributed by atoms with Gasteiger partial charge in [-0.1, -0.05) is 17.7 Å². The van der Waals surface area contributed by atoms with E-state index in [1.807, 2.05) is 18.2 Å². The van der Waals surface area contributed by atoms with E-state index in [0.29, 0.717) is 16.5 Å². The highest BCUT2D eigenvalue weighted by molar-refractivity contribution is 6.31. The number of rotatable bonds is 1. The summed E-state index contributed by atoms with van der Waals surface area (Å²) in [5.41, 5.74) is 2.25. The number of fused-ring (bicyclic) bond motifs is 1. The molecule has 0 saturated carbocycles. The smallest absolute Gasteiger partial charge is 0.178 e. The van der Waals surface area contributed by atoms with Crippen molar-refractivity contribution >= 4 is 22.8 Å². The SMILES string of the molecule is Clc1cnc2nc(-c3ccccn3)[nH]c2c1. The Balaban J connectivity index is 2.19. The number of hydrogen-bond donors (Lipinski definition) is 1. The van der Waals surface area contributed by atoms with Crippen molar-refractivity contribution in [1.29, 1.82) is 0 Å². The van der Waals surface area contributed by atoms with Crippen LogP contribution in [0.2, 0.25) is 5.02 Å². The van der Waals surface area contributed by atoms with Crippen LogP contribution in [-0.2, 0) is 0 Å². The van der Waals surface area contributed by atoms with Crippen LogP contribution in [0.5, 0.6) is 0 Å². The van der Waals surface area contributed by atoms with Crippen LogP contribution in [0.15, 0.2) is 36.7 Å². The van der Waals surface area contributed by atoms with Crippen LogP contribution in [0.3, 0.4) is 0 Å². The summed E-state index contributed by atoms with van der Waals surface area (Å²) in [6.07, 6.45) is 3.30. The van der Waals surface area contributed by atoms with Crippen LogP contribution in [0, 0.1) is 0 Å². The van der Waals surface area contributed by atoms with Crippen LogP contribution >= 0.6 is 11.6 Å². The number of pyridine rings is 2. The van der Waals surface area contributed by atoms with Gasteiger partial charge < -0.3 is 4.98 Å². The van der Waals surface area contributed by atoms with E-state index in [4.69, 9.17) is 11.6 Å². The molecule has 0 aromatic carbocycles. The number of nitrogens with one attached hydrogen (secondary N) is 1. The largest absolute Gasteiger partial charge is 0.335 e. The van der Waals surface area contributed by atoms with Gasteiger partial charge in [-0.25, -0.2) is 9.97 Å². The van der Waals surface area contributed by atoms with Crippen molar-refractivity contribution in [2.24, 2.45) is 0 Å². The van der Waals surface area contributed by atoms with Gasteiger partial charge >= 0.3 is 0 Å². The number of aromatic amines is 1. The van der Waals surface area contributed by atoms with E-state index in [9.17, 15) is 0 Å². The summed E-state index contributed by atoms with van der Waals surface area (Å²) in [5, 5.41) is 0.587. The Labute approximate surface area is 96.3 Å². The normalized spacial score (nSPS) is 10.8. The Kier molecular flexibility index (Phi) is 2.08. The fourth-order valence-corrected chi connectivity index (χ4v) is 1.66. The molecule has 0 aliphatic heterocycles. The van der Waals surface area contributed by atoms with Gasteiger partial charge in [-0.15, -0.1) is 0 Å². The average Bonchev–Trinajstić information content (AvgIpc) is 2.73. The molecule has 3 aromatic rings. The van der Waals surface area contributed by atoms with Crippen molar-refractivity contribution in [3.05, 3.63) is 41.7 Å². The van der Waals surface area contributed by atoms with E-state index in [1.165, 1.54) is 0 Å². The first-order valence-corrected chi connectivity index (χ1v) is 5.13. The van der Waals surface area contributed by atoms with Crippen molar-refractivity contribution in [3.8, 4) is 11.5 Å². The molecule has 0 bridgehead atoms. The molecule has 3 heterocycles. The van der Waals surface area contributed by atoms with Gasteiger partial charge in [0.25, 0.3) is 0 Å². The summed E-state index contributed by atoms with van der Waals surface area (Å²) in [6.45, 7) is 0. The fraction of sp³-hybridized carbons (Fsp3) is 0. The third-order valence-electron chi connectivity index (χ3n) is 2.21. The highest BCUT2D eigenvalue weighted by Crippen LogP contribution is 2.19. The number of imidazole rings is 1. The number of hydrogen-bond acceptors (Lipinski definition) is 3. The second kappa shape index (κ2) is 3.57. The van der Waals surface area contributed by atoms with Crippen LogP contribution in [0.1, 0.15) is 0 Å². The highest BCUT2D eigenvalue weighted by atomic mass is 35.5. The second-order valence-electron chi connectivity index (χ2n) is 3.33. The zero-order valence-electron chi connectivity index (χ0n) is 8.18. The molecular formula is C11H7ClN4. The van der Waals surface area contributed by atoms with E-state index in [1.54, 1.807) is 18.5 Å². The van der Waals surface area contributed by atoms with Gasteiger partial charge in [-0.2, -0.15) is 0 Å². The van der Waals surface area contributed by atoms with Crippen LogP contribution in [-0.4, -0.2) is 19.9 Å². The maximum absolute atomic E-state index is 5.85. The molecule has 0 fully saturated rings. The van der Waals surface area contributed by atoms with E-state index in [-0.39, 0.29) is 0 Å². The minimum absolute atomic E-state index is 0.587. The predicted molar refractivity (Wildman–Crippen MR) is 62.1 cm³/mol. The van der Waals surface area contributed by atoms with Crippen molar-refractivity contribution < 1.29 is 0 Å². The zero-order valence-corrected chi connectivity index (χ0v) is 8.94. The Morgan fingerprint density at radius 2 is 2.12 bits per heavy atom. The number of aromatic nitrogens is 4. The highest BCUT2D eigenvalue weighted by Gasteiger charge is 2.06. The minimum atomic E-state index is 0.587. The molecule has 0 spiro atoms. The second-order valence-corrected chi connectivity index (χ2v) is 3.76. The molecule has 0 radical (unpaired) electrons. The Bertz CT molecular complexity index is 633. The van der Waals surface area contributed by atoms with Crippen LogP contribution in [0.4, 0.5) is 0 Å². The average molecular weight is 231 g/mol. The molecule has 3 rings (SSSR count). The lowest BCUT2D eigenvalue weighted by molar-refractivity contribution is 1.23.